The van der Waals surface area contributed by atoms with Crippen LogP contribution in [0.3, 0.4) is 0 Å². The number of pyridine rings is 1. The van der Waals surface area contributed by atoms with E-state index in [0.717, 1.165) is 23.7 Å². The number of amides is 1. The Balaban J connectivity index is 1.61. The zero-order chi connectivity index (χ0) is 19.7. The zero-order valence-electron chi connectivity index (χ0n) is 14.7. The van der Waals surface area contributed by atoms with Crippen molar-refractivity contribution < 1.29 is 18.0 Å². The fourth-order valence-electron chi connectivity index (χ4n) is 3.33. The van der Waals surface area contributed by atoms with Crippen LogP contribution in [0.25, 0.3) is 0 Å². The van der Waals surface area contributed by atoms with E-state index >= 15 is 0 Å². The third-order valence-corrected chi connectivity index (χ3v) is 4.63. The van der Waals surface area contributed by atoms with Crippen molar-refractivity contribution in [2.75, 3.05) is 16.8 Å². The lowest BCUT2D eigenvalue weighted by Crippen LogP contribution is -2.29. The highest BCUT2D eigenvalue weighted by molar-refractivity contribution is 6.07. The van der Waals surface area contributed by atoms with Gasteiger partial charge in [-0.3, -0.25) is 9.78 Å². The van der Waals surface area contributed by atoms with Gasteiger partial charge in [0.15, 0.2) is 0 Å². The van der Waals surface area contributed by atoms with Gasteiger partial charge in [0.1, 0.15) is 0 Å². The van der Waals surface area contributed by atoms with Gasteiger partial charge in [0.05, 0.1) is 28.7 Å². The first-order valence-corrected chi connectivity index (χ1v) is 8.71. The summed E-state index contributed by atoms with van der Waals surface area (Å²) >= 11 is 0. The summed E-state index contributed by atoms with van der Waals surface area (Å²) in [6.07, 6.45) is -0.901. The summed E-state index contributed by atoms with van der Waals surface area (Å²) in [7, 11) is 0. The summed E-state index contributed by atoms with van der Waals surface area (Å²) in [4.78, 5) is 18.6. The number of alkyl halides is 3. The van der Waals surface area contributed by atoms with Gasteiger partial charge in [-0.1, -0.05) is 30.3 Å². The first-order valence-electron chi connectivity index (χ1n) is 8.71. The van der Waals surface area contributed by atoms with Gasteiger partial charge < -0.3 is 10.2 Å². The number of carbonyl (C=O) groups is 1. The molecule has 0 bridgehead atoms. The topological polar surface area (TPSA) is 45.2 Å². The molecule has 4 rings (SSSR count). The molecule has 28 heavy (non-hydrogen) atoms. The van der Waals surface area contributed by atoms with Crippen LogP contribution in [0, 0.1) is 0 Å². The number of nitrogens with zero attached hydrogens (tertiary/aromatic N) is 2. The number of benzene rings is 2. The first-order chi connectivity index (χ1) is 13.4. The van der Waals surface area contributed by atoms with Gasteiger partial charge in [-0.15, -0.1) is 0 Å². The number of carbonyl (C=O) groups excluding carboxylic acids is 1. The van der Waals surface area contributed by atoms with Gasteiger partial charge in [0.2, 0.25) is 0 Å². The van der Waals surface area contributed by atoms with Crippen LogP contribution in [0.2, 0.25) is 0 Å². The smallest absolute Gasteiger partial charge is 0.354 e. The second-order valence-corrected chi connectivity index (χ2v) is 6.47. The molecule has 2 aromatic carbocycles. The lowest BCUT2D eigenvalue weighted by Gasteiger charge is -2.18. The van der Waals surface area contributed by atoms with Gasteiger partial charge in [-0.25, -0.2) is 0 Å². The van der Waals surface area contributed by atoms with Crippen LogP contribution < -0.4 is 10.2 Å². The molecule has 1 aliphatic rings. The number of anilines is 3. The van der Waals surface area contributed by atoms with E-state index in [4.69, 9.17) is 0 Å². The molecular weight excluding hydrogens is 367 g/mol. The molecule has 0 atom stereocenters. The Kier molecular flexibility index (Phi) is 4.50. The molecular formula is C21H16F3N3O. The molecule has 1 N–H and O–H groups in total. The van der Waals surface area contributed by atoms with E-state index in [1.165, 1.54) is 36.7 Å². The van der Waals surface area contributed by atoms with Crippen molar-refractivity contribution in [1.29, 1.82) is 0 Å². The van der Waals surface area contributed by atoms with Gasteiger partial charge >= 0.3 is 6.18 Å². The summed E-state index contributed by atoms with van der Waals surface area (Å²) < 4.78 is 39.6. The Morgan fingerprint density at radius 3 is 2.61 bits per heavy atom. The second kappa shape index (κ2) is 6.99. The van der Waals surface area contributed by atoms with E-state index in [1.54, 1.807) is 4.90 Å². The number of hydrogen-bond acceptors (Lipinski definition) is 3. The molecule has 1 amide bonds. The minimum Gasteiger partial charge on any atom is -0.354 e. The van der Waals surface area contributed by atoms with E-state index in [9.17, 15) is 18.0 Å². The number of rotatable bonds is 3. The van der Waals surface area contributed by atoms with E-state index in [-0.39, 0.29) is 11.6 Å². The van der Waals surface area contributed by atoms with E-state index < -0.39 is 11.7 Å². The Morgan fingerprint density at radius 1 is 1.04 bits per heavy atom. The summed E-state index contributed by atoms with van der Waals surface area (Å²) in [6.45, 7) is 0.562. The Hall–Kier alpha value is -3.35. The van der Waals surface area contributed by atoms with Crippen LogP contribution in [0.1, 0.15) is 21.5 Å². The third-order valence-electron chi connectivity index (χ3n) is 4.63. The predicted octanol–water partition coefficient (Wildman–Crippen LogP) is 5.05. The van der Waals surface area contributed by atoms with E-state index in [1.807, 2.05) is 24.3 Å². The molecule has 0 radical (unpaired) electrons. The molecule has 4 nitrogen and oxygen atoms in total. The Bertz CT molecular complexity index is 1030. The van der Waals surface area contributed by atoms with Crippen molar-refractivity contribution in [3.05, 3.63) is 83.7 Å². The van der Waals surface area contributed by atoms with Gasteiger partial charge in [0, 0.05) is 18.4 Å². The minimum absolute atomic E-state index is 0.0899. The van der Waals surface area contributed by atoms with Crippen LogP contribution in [0.5, 0.6) is 0 Å². The second-order valence-electron chi connectivity index (χ2n) is 6.47. The van der Waals surface area contributed by atoms with Crippen molar-refractivity contribution in [3.8, 4) is 0 Å². The van der Waals surface area contributed by atoms with E-state index in [2.05, 4.69) is 10.3 Å². The molecule has 0 saturated carbocycles. The Morgan fingerprint density at radius 2 is 1.79 bits per heavy atom. The molecule has 7 heteroatoms. The number of aromatic nitrogens is 1. The highest BCUT2D eigenvalue weighted by Crippen LogP contribution is 2.36. The summed E-state index contributed by atoms with van der Waals surface area (Å²) in [5.74, 6) is -0.231. The number of hydrogen-bond donors (Lipinski definition) is 1. The summed E-state index contributed by atoms with van der Waals surface area (Å²) in [5, 5.41) is 2.73. The van der Waals surface area contributed by atoms with Crippen molar-refractivity contribution in [1.82, 2.24) is 4.98 Å². The van der Waals surface area contributed by atoms with Crippen LogP contribution in [0.15, 0.2) is 67.0 Å². The molecule has 142 valence electrons. The number of halogens is 3. The molecule has 0 unspecified atom stereocenters. The van der Waals surface area contributed by atoms with Crippen molar-refractivity contribution in [2.24, 2.45) is 0 Å². The lowest BCUT2D eigenvalue weighted by atomic mass is 10.1. The highest BCUT2D eigenvalue weighted by atomic mass is 19.4. The molecule has 1 aromatic heterocycles. The maximum atomic E-state index is 13.2. The molecule has 0 fully saturated rings. The average molecular weight is 383 g/mol. The van der Waals surface area contributed by atoms with Crippen LogP contribution >= 0.6 is 0 Å². The first kappa shape index (κ1) is 18.0. The molecule has 0 spiro atoms. The molecule has 3 aromatic rings. The molecule has 0 aliphatic carbocycles. The quantitative estimate of drug-likeness (QED) is 0.689. The van der Waals surface area contributed by atoms with Crippen molar-refractivity contribution in [3.63, 3.8) is 0 Å². The Labute approximate surface area is 159 Å². The average Bonchev–Trinajstić information content (AvgIpc) is 3.11. The standard InChI is InChI=1S/C21H16F3N3O/c22-21(23,24)17-6-2-3-7-18(17)26-16-11-15(12-25-13-16)20(28)27-10-9-14-5-1-4-8-19(14)27/h1-8,11-13,26H,9-10H2. The van der Waals surface area contributed by atoms with Crippen LogP contribution in [-0.4, -0.2) is 17.4 Å². The maximum Gasteiger partial charge on any atom is 0.418 e. The summed E-state index contributed by atoms with van der Waals surface area (Å²) in [6, 6.07) is 14.4. The molecule has 2 heterocycles. The molecule has 0 saturated heterocycles. The van der Waals surface area contributed by atoms with Crippen LogP contribution in [-0.2, 0) is 12.6 Å². The van der Waals surface area contributed by atoms with Gasteiger partial charge in [0.25, 0.3) is 5.91 Å². The van der Waals surface area contributed by atoms with Crippen molar-refractivity contribution >= 4 is 23.0 Å². The summed E-state index contributed by atoms with van der Waals surface area (Å²) in [5.41, 5.74) is 1.71. The van der Waals surface area contributed by atoms with Gasteiger partial charge in [-0.2, -0.15) is 13.2 Å². The number of para-hydroxylation sites is 2. The monoisotopic (exact) mass is 383 g/mol. The van der Waals surface area contributed by atoms with Crippen molar-refractivity contribution in [2.45, 2.75) is 12.6 Å². The third kappa shape index (κ3) is 3.43. The predicted molar refractivity (Wildman–Crippen MR) is 101 cm³/mol. The number of nitrogens with one attached hydrogen (secondary N) is 1. The fourth-order valence-corrected chi connectivity index (χ4v) is 3.33. The van der Waals surface area contributed by atoms with E-state index in [0.29, 0.717) is 17.8 Å². The highest BCUT2D eigenvalue weighted by Gasteiger charge is 2.33. The fraction of sp³-hybridized carbons (Fsp3) is 0.143. The van der Waals surface area contributed by atoms with Crippen LogP contribution in [0.4, 0.5) is 30.2 Å². The van der Waals surface area contributed by atoms with Gasteiger partial charge in [-0.05, 0) is 36.2 Å². The minimum atomic E-state index is -4.48. The number of fused-ring (bicyclic) bond motifs is 1. The maximum absolute atomic E-state index is 13.2. The lowest BCUT2D eigenvalue weighted by molar-refractivity contribution is -0.136. The normalized spacial score (nSPS) is 13.3. The SMILES string of the molecule is O=C(c1cncc(Nc2ccccc2C(F)(F)F)c1)N1CCc2ccccc21. The zero-order valence-corrected chi connectivity index (χ0v) is 14.7. The largest absolute Gasteiger partial charge is 0.418 e. The molecule has 1 aliphatic heterocycles.